The molecule has 1 saturated heterocycles. The molecule has 0 radical (unpaired) electrons. The highest BCUT2D eigenvalue weighted by Crippen LogP contribution is 2.21. The average molecular weight is 264 g/mol. The fourth-order valence-corrected chi connectivity index (χ4v) is 2.79. The maximum atomic E-state index is 12.4. The van der Waals surface area contributed by atoms with Crippen LogP contribution in [0, 0.1) is 11.8 Å². The summed E-state index contributed by atoms with van der Waals surface area (Å²) in [5.41, 5.74) is 0. The summed E-state index contributed by atoms with van der Waals surface area (Å²) in [7, 11) is 0. The number of piperazine rings is 1. The molecule has 2 amide bonds. The minimum absolute atomic E-state index is 0.0470. The van der Waals surface area contributed by atoms with Crippen LogP contribution in [-0.2, 0) is 9.59 Å². The highest BCUT2D eigenvalue weighted by atomic mass is 16.2. The number of rotatable bonds is 2. The van der Waals surface area contributed by atoms with Gasteiger partial charge in [-0.05, 0) is 19.3 Å². The summed E-state index contributed by atoms with van der Waals surface area (Å²) >= 11 is 0. The van der Waals surface area contributed by atoms with Gasteiger partial charge >= 0.3 is 0 Å². The first kappa shape index (κ1) is 14.1. The van der Waals surface area contributed by atoms with E-state index in [1.54, 1.807) is 0 Å². The van der Waals surface area contributed by atoms with E-state index in [9.17, 15) is 9.59 Å². The van der Waals surface area contributed by atoms with Crippen molar-refractivity contribution in [1.29, 1.82) is 0 Å². The van der Waals surface area contributed by atoms with Crippen LogP contribution >= 0.6 is 0 Å². The zero-order chi connectivity index (χ0) is 13.8. The third-order valence-electron chi connectivity index (χ3n) is 4.02. The van der Waals surface area contributed by atoms with Gasteiger partial charge in [-0.1, -0.05) is 26.0 Å². The summed E-state index contributed by atoms with van der Waals surface area (Å²) < 4.78 is 0. The normalized spacial score (nSPS) is 23.8. The van der Waals surface area contributed by atoms with Crippen LogP contribution in [0.25, 0.3) is 0 Å². The van der Waals surface area contributed by atoms with Crippen molar-refractivity contribution in [3.05, 3.63) is 12.2 Å². The van der Waals surface area contributed by atoms with Crippen LogP contribution in [0.15, 0.2) is 12.2 Å². The Morgan fingerprint density at radius 1 is 1.05 bits per heavy atom. The van der Waals surface area contributed by atoms with Crippen molar-refractivity contribution in [1.82, 2.24) is 9.80 Å². The molecule has 0 spiro atoms. The fourth-order valence-electron chi connectivity index (χ4n) is 2.79. The minimum Gasteiger partial charge on any atom is -0.339 e. The fraction of sp³-hybridized carbons (Fsp3) is 0.733. The van der Waals surface area contributed by atoms with E-state index in [1.165, 1.54) is 0 Å². The summed E-state index contributed by atoms with van der Waals surface area (Å²) in [6.07, 6.45) is 7.14. The number of allylic oxidation sites excluding steroid dienone is 2. The molecule has 2 rings (SSSR count). The topological polar surface area (TPSA) is 40.6 Å². The molecule has 0 N–H and O–H groups in total. The van der Waals surface area contributed by atoms with Gasteiger partial charge in [0.05, 0.1) is 0 Å². The van der Waals surface area contributed by atoms with Gasteiger partial charge in [-0.2, -0.15) is 0 Å². The molecule has 19 heavy (non-hydrogen) atoms. The average Bonchev–Trinajstić information content (AvgIpc) is 2.46. The van der Waals surface area contributed by atoms with Crippen LogP contribution in [-0.4, -0.2) is 47.8 Å². The van der Waals surface area contributed by atoms with Crippen LogP contribution in [0.5, 0.6) is 0 Å². The largest absolute Gasteiger partial charge is 0.339 e. The number of hydrogen-bond acceptors (Lipinski definition) is 2. The van der Waals surface area contributed by atoms with Gasteiger partial charge in [0.2, 0.25) is 11.8 Å². The Balaban J connectivity index is 1.84. The van der Waals surface area contributed by atoms with Crippen LogP contribution in [0.1, 0.15) is 33.1 Å². The smallest absolute Gasteiger partial charge is 0.226 e. The molecular weight excluding hydrogens is 240 g/mol. The summed E-state index contributed by atoms with van der Waals surface area (Å²) in [6, 6.07) is 0. The Morgan fingerprint density at radius 3 is 2.21 bits per heavy atom. The standard InChI is InChI=1S/C15H24N2O2/c1-12(2)14(18)16-8-10-17(11-9-16)15(19)13-6-4-3-5-7-13/h3-4,12-13H,5-11H2,1-2H3. The molecule has 0 bridgehead atoms. The predicted molar refractivity (Wildman–Crippen MR) is 74.5 cm³/mol. The van der Waals surface area contributed by atoms with Gasteiger partial charge in [-0.25, -0.2) is 0 Å². The molecule has 1 fully saturated rings. The van der Waals surface area contributed by atoms with Crippen LogP contribution < -0.4 is 0 Å². The second-order valence-corrected chi connectivity index (χ2v) is 5.79. The number of amides is 2. The van der Waals surface area contributed by atoms with E-state index in [1.807, 2.05) is 23.6 Å². The van der Waals surface area contributed by atoms with Crippen molar-refractivity contribution in [2.45, 2.75) is 33.1 Å². The van der Waals surface area contributed by atoms with Gasteiger partial charge in [0.15, 0.2) is 0 Å². The Morgan fingerprint density at radius 2 is 1.68 bits per heavy atom. The van der Waals surface area contributed by atoms with Crippen molar-refractivity contribution in [2.75, 3.05) is 26.2 Å². The molecule has 0 aromatic heterocycles. The first-order chi connectivity index (χ1) is 9.09. The summed E-state index contributed by atoms with van der Waals surface area (Å²) in [5, 5.41) is 0. The van der Waals surface area contributed by atoms with Gasteiger partial charge in [0.1, 0.15) is 0 Å². The van der Waals surface area contributed by atoms with Crippen molar-refractivity contribution in [3.8, 4) is 0 Å². The van der Waals surface area contributed by atoms with Crippen molar-refractivity contribution in [3.63, 3.8) is 0 Å². The van der Waals surface area contributed by atoms with E-state index < -0.39 is 0 Å². The second kappa shape index (κ2) is 6.22. The molecule has 1 aliphatic heterocycles. The molecule has 4 nitrogen and oxygen atoms in total. The molecule has 0 saturated carbocycles. The van der Waals surface area contributed by atoms with E-state index in [0.29, 0.717) is 26.2 Å². The van der Waals surface area contributed by atoms with Gasteiger partial charge in [0, 0.05) is 38.0 Å². The predicted octanol–water partition coefficient (Wildman–Crippen LogP) is 1.67. The maximum absolute atomic E-state index is 12.4. The Kier molecular flexibility index (Phi) is 4.61. The summed E-state index contributed by atoms with van der Waals surface area (Å²) in [6.45, 7) is 6.61. The van der Waals surface area contributed by atoms with Crippen molar-refractivity contribution < 1.29 is 9.59 Å². The maximum Gasteiger partial charge on any atom is 0.226 e. The molecule has 4 heteroatoms. The lowest BCUT2D eigenvalue weighted by atomic mass is 9.93. The Labute approximate surface area is 115 Å². The van der Waals surface area contributed by atoms with E-state index in [-0.39, 0.29) is 23.7 Å². The van der Waals surface area contributed by atoms with Gasteiger partial charge < -0.3 is 9.80 Å². The molecule has 2 aliphatic rings. The van der Waals surface area contributed by atoms with Gasteiger partial charge in [0.25, 0.3) is 0 Å². The third kappa shape index (κ3) is 3.37. The summed E-state index contributed by atoms with van der Waals surface area (Å²) in [4.78, 5) is 28.1. The van der Waals surface area contributed by atoms with Gasteiger partial charge in [-0.15, -0.1) is 0 Å². The highest BCUT2D eigenvalue weighted by molar-refractivity contribution is 5.81. The first-order valence-electron chi connectivity index (χ1n) is 7.32. The Hall–Kier alpha value is -1.32. The molecule has 1 aliphatic carbocycles. The van der Waals surface area contributed by atoms with Crippen LogP contribution in [0.4, 0.5) is 0 Å². The molecule has 1 heterocycles. The van der Waals surface area contributed by atoms with Crippen molar-refractivity contribution >= 4 is 11.8 Å². The zero-order valence-corrected chi connectivity index (χ0v) is 12.0. The molecule has 1 atom stereocenters. The van der Waals surface area contributed by atoms with E-state index in [2.05, 4.69) is 12.2 Å². The minimum atomic E-state index is 0.0470. The number of hydrogen-bond donors (Lipinski definition) is 0. The first-order valence-corrected chi connectivity index (χ1v) is 7.32. The molecule has 1 unspecified atom stereocenters. The van der Waals surface area contributed by atoms with Crippen LogP contribution in [0.3, 0.4) is 0 Å². The number of carbonyl (C=O) groups excluding carboxylic acids is 2. The lowest BCUT2D eigenvalue weighted by Gasteiger charge is -2.37. The lowest BCUT2D eigenvalue weighted by Crippen LogP contribution is -2.52. The SMILES string of the molecule is CC(C)C(=O)N1CCN(C(=O)C2CC=CCC2)CC1. The van der Waals surface area contributed by atoms with E-state index >= 15 is 0 Å². The second-order valence-electron chi connectivity index (χ2n) is 5.79. The number of carbonyl (C=O) groups is 2. The van der Waals surface area contributed by atoms with Crippen LogP contribution in [0.2, 0.25) is 0 Å². The zero-order valence-electron chi connectivity index (χ0n) is 12.0. The summed E-state index contributed by atoms with van der Waals surface area (Å²) in [5.74, 6) is 0.691. The monoisotopic (exact) mass is 264 g/mol. The number of nitrogens with zero attached hydrogens (tertiary/aromatic N) is 2. The third-order valence-corrected chi connectivity index (χ3v) is 4.02. The van der Waals surface area contributed by atoms with Crippen molar-refractivity contribution in [2.24, 2.45) is 11.8 Å². The Bertz CT molecular complexity index is 368. The molecule has 0 aromatic rings. The van der Waals surface area contributed by atoms with E-state index in [4.69, 9.17) is 0 Å². The lowest BCUT2D eigenvalue weighted by molar-refractivity contribution is -0.143. The molecule has 0 aromatic carbocycles. The van der Waals surface area contributed by atoms with E-state index in [0.717, 1.165) is 19.3 Å². The molecular formula is C15H24N2O2. The highest BCUT2D eigenvalue weighted by Gasteiger charge is 2.29. The quantitative estimate of drug-likeness (QED) is 0.712. The molecule has 106 valence electrons. The van der Waals surface area contributed by atoms with Gasteiger partial charge in [-0.3, -0.25) is 9.59 Å².